The molecule has 6 rings (SSSR count). The summed E-state index contributed by atoms with van der Waals surface area (Å²) in [5, 5.41) is 22.8. The van der Waals surface area contributed by atoms with Crippen LogP contribution in [-0.2, 0) is 18.4 Å². The van der Waals surface area contributed by atoms with Crippen LogP contribution in [-0.4, -0.2) is 62.8 Å². The lowest BCUT2D eigenvalue weighted by Gasteiger charge is -2.61. The molecule has 2 aromatic rings. The Labute approximate surface area is 184 Å². The first-order valence-corrected chi connectivity index (χ1v) is 12.0. The molecule has 3 heterocycles. The van der Waals surface area contributed by atoms with Crippen molar-refractivity contribution in [3.63, 3.8) is 0 Å². The molecule has 3 atom stereocenters. The van der Waals surface area contributed by atoms with Crippen molar-refractivity contribution in [1.29, 1.82) is 0 Å². The Hall–Kier alpha value is -1.95. The molecule has 164 valence electrons. The van der Waals surface area contributed by atoms with E-state index < -0.39 is 5.60 Å². The van der Waals surface area contributed by atoms with Crippen LogP contribution in [0.15, 0.2) is 42.6 Å². The highest BCUT2D eigenvalue weighted by molar-refractivity contribution is 5.48. The maximum atomic E-state index is 12.5. The van der Waals surface area contributed by atoms with E-state index in [9.17, 15) is 10.2 Å². The number of aromatic nitrogens is 1. The third-order valence-electron chi connectivity index (χ3n) is 8.63. The summed E-state index contributed by atoms with van der Waals surface area (Å²) in [6.07, 6.45) is 8.12. The molecule has 2 aliphatic carbocycles. The Balaban J connectivity index is 1.37. The van der Waals surface area contributed by atoms with E-state index in [1.54, 1.807) is 0 Å². The zero-order valence-electron chi connectivity index (χ0n) is 18.2. The molecule has 2 saturated heterocycles. The number of phenols is 1. The van der Waals surface area contributed by atoms with Gasteiger partial charge in [0, 0.05) is 37.3 Å². The first-order chi connectivity index (χ1) is 15.1. The van der Waals surface area contributed by atoms with Gasteiger partial charge in [0.1, 0.15) is 5.75 Å². The van der Waals surface area contributed by atoms with Gasteiger partial charge < -0.3 is 10.2 Å². The highest BCUT2D eigenvalue weighted by atomic mass is 16.3. The van der Waals surface area contributed by atoms with Crippen molar-refractivity contribution in [2.75, 3.05) is 26.2 Å². The maximum Gasteiger partial charge on any atom is 0.115 e. The van der Waals surface area contributed by atoms with Gasteiger partial charge in [-0.3, -0.25) is 14.8 Å². The molecule has 0 spiro atoms. The molecular formula is C26H33N3O2. The average Bonchev–Trinajstić information content (AvgIpc) is 3.60. The molecule has 4 aliphatic rings. The zero-order valence-corrected chi connectivity index (χ0v) is 18.2. The predicted molar refractivity (Wildman–Crippen MR) is 120 cm³/mol. The summed E-state index contributed by atoms with van der Waals surface area (Å²) in [5.41, 5.74) is 2.60. The molecule has 3 fully saturated rings. The number of phenolic OH excluding ortho intramolecular Hbond substituents is 1. The first kappa shape index (κ1) is 19.7. The second-order valence-corrected chi connectivity index (χ2v) is 10.4. The van der Waals surface area contributed by atoms with Crippen LogP contribution in [0.2, 0.25) is 0 Å². The standard InChI is InChI=1S/C26H33N3O2/c30-22-7-6-20-15-24-26(31)10-13-28(18-21-3-1-2-11-27-21)12-8-25(26,23(20)16-22)9-14-29(24)17-19-4-5-19/h1-3,6-7,11,16,19,24,30-31H,4-5,8-10,12-15,17-18H2/t24-,25+,26-/m1/s1. The van der Waals surface area contributed by atoms with E-state index in [2.05, 4.69) is 26.9 Å². The molecule has 2 N–H and O–H groups in total. The van der Waals surface area contributed by atoms with Crippen molar-refractivity contribution in [3.8, 4) is 5.75 Å². The fourth-order valence-electron chi connectivity index (χ4n) is 6.79. The van der Waals surface area contributed by atoms with Crippen LogP contribution in [0.5, 0.6) is 5.75 Å². The van der Waals surface area contributed by atoms with Crippen LogP contribution in [0.1, 0.15) is 48.9 Å². The number of nitrogens with zero attached hydrogens (tertiary/aromatic N) is 3. The molecule has 31 heavy (non-hydrogen) atoms. The lowest BCUT2D eigenvalue weighted by atomic mass is 9.52. The van der Waals surface area contributed by atoms with Gasteiger partial charge in [0.15, 0.2) is 0 Å². The van der Waals surface area contributed by atoms with Gasteiger partial charge >= 0.3 is 0 Å². The molecule has 0 radical (unpaired) electrons. The Morgan fingerprint density at radius 2 is 1.87 bits per heavy atom. The summed E-state index contributed by atoms with van der Waals surface area (Å²) in [5.74, 6) is 1.15. The lowest BCUT2D eigenvalue weighted by Crippen LogP contribution is -2.71. The first-order valence-electron chi connectivity index (χ1n) is 12.0. The van der Waals surface area contributed by atoms with E-state index in [0.29, 0.717) is 5.75 Å². The molecule has 1 saturated carbocycles. The monoisotopic (exact) mass is 419 g/mol. The fourth-order valence-corrected chi connectivity index (χ4v) is 6.79. The number of benzene rings is 1. The topological polar surface area (TPSA) is 59.8 Å². The van der Waals surface area contributed by atoms with Crippen LogP contribution in [0.4, 0.5) is 0 Å². The quantitative estimate of drug-likeness (QED) is 0.798. The molecular weight excluding hydrogens is 386 g/mol. The molecule has 2 aliphatic heterocycles. The van der Waals surface area contributed by atoms with Crippen LogP contribution < -0.4 is 0 Å². The Kier molecular flexibility index (Phi) is 4.64. The number of fused-ring (bicyclic) bond motifs is 1. The Morgan fingerprint density at radius 1 is 1.03 bits per heavy atom. The minimum absolute atomic E-state index is 0.175. The smallest absolute Gasteiger partial charge is 0.115 e. The van der Waals surface area contributed by atoms with Crippen molar-refractivity contribution in [2.45, 2.75) is 62.1 Å². The van der Waals surface area contributed by atoms with Crippen LogP contribution in [0, 0.1) is 5.92 Å². The Morgan fingerprint density at radius 3 is 2.68 bits per heavy atom. The number of piperidine rings is 1. The summed E-state index contributed by atoms with van der Waals surface area (Å²) < 4.78 is 0. The average molecular weight is 420 g/mol. The van der Waals surface area contributed by atoms with Gasteiger partial charge in [0.05, 0.1) is 11.3 Å². The number of aliphatic hydroxyl groups is 1. The van der Waals surface area contributed by atoms with Crippen LogP contribution >= 0.6 is 0 Å². The van der Waals surface area contributed by atoms with Crippen molar-refractivity contribution in [2.24, 2.45) is 5.92 Å². The summed E-state index contributed by atoms with van der Waals surface area (Å²) >= 11 is 0. The molecule has 1 aromatic heterocycles. The van der Waals surface area contributed by atoms with Gasteiger partial charge in [0.25, 0.3) is 0 Å². The summed E-state index contributed by atoms with van der Waals surface area (Å²) in [4.78, 5) is 9.61. The molecule has 2 bridgehead atoms. The number of rotatable bonds is 4. The molecule has 1 aromatic carbocycles. The number of aromatic hydroxyl groups is 1. The van der Waals surface area contributed by atoms with Gasteiger partial charge in [-0.1, -0.05) is 12.1 Å². The zero-order chi connectivity index (χ0) is 21.1. The van der Waals surface area contributed by atoms with Crippen LogP contribution in [0.25, 0.3) is 0 Å². The van der Waals surface area contributed by atoms with E-state index in [4.69, 9.17) is 0 Å². The van der Waals surface area contributed by atoms with E-state index in [1.807, 2.05) is 30.5 Å². The lowest BCUT2D eigenvalue weighted by molar-refractivity contribution is -0.149. The highest BCUT2D eigenvalue weighted by Crippen LogP contribution is 2.56. The number of likely N-dealkylation sites (tertiary alicyclic amines) is 2. The van der Waals surface area contributed by atoms with Gasteiger partial charge in [-0.2, -0.15) is 0 Å². The van der Waals surface area contributed by atoms with Crippen molar-refractivity contribution < 1.29 is 10.2 Å². The van der Waals surface area contributed by atoms with Crippen molar-refractivity contribution >= 4 is 0 Å². The van der Waals surface area contributed by atoms with Gasteiger partial charge in [-0.05, 0) is 92.9 Å². The van der Waals surface area contributed by atoms with Crippen molar-refractivity contribution in [3.05, 3.63) is 59.4 Å². The molecule has 0 amide bonds. The highest BCUT2D eigenvalue weighted by Gasteiger charge is 2.63. The Bertz CT molecular complexity index is 962. The number of pyridine rings is 1. The normalized spacial score (nSPS) is 33.4. The molecule has 0 unspecified atom stereocenters. The third kappa shape index (κ3) is 3.21. The van der Waals surface area contributed by atoms with E-state index in [-0.39, 0.29) is 11.5 Å². The van der Waals surface area contributed by atoms with Gasteiger partial charge in [-0.15, -0.1) is 0 Å². The third-order valence-corrected chi connectivity index (χ3v) is 8.63. The fraction of sp³-hybridized carbons (Fsp3) is 0.577. The number of hydrogen-bond acceptors (Lipinski definition) is 5. The van der Waals surface area contributed by atoms with Crippen LogP contribution in [0.3, 0.4) is 0 Å². The second kappa shape index (κ2) is 7.29. The maximum absolute atomic E-state index is 12.5. The van der Waals surface area contributed by atoms with E-state index >= 15 is 0 Å². The summed E-state index contributed by atoms with van der Waals surface area (Å²) in [7, 11) is 0. The van der Waals surface area contributed by atoms with Gasteiger partial charge in [0.2, 0.25) is 0 Å². The van der Waals surface area contributed by atoms with Gasteiger partial charge in [-0.25, -0.2) is 0 Å². The SMILES string of the molecule is Oc1ccc2c(c1)[C@@]13CCN(Cc4ccccn4)CC[C@@]1(O)[C@@H](C2)N(CC1CC1)CC3. The summed E-state index contributed by atoms with van der Waals surface area (Å²) in [6.45, 7) is 4.85. The molecule has 5 heteroatoms. The summed E-state index contributed by atoms with van der Waals surface area (Å²) in [6, 6.07) is 12.2. The molecule has 5 nitrogen and oxygen atoms in total. The van der Waals surface area contributed by atoms with Crippen molar-refractivity contribution in [1.82, 2.24) is 14.8 Å². The minimum Gasteiger partial charge on any atom is -0.508 e. The minimum atomic E-state index is -0.750. The van der Waals surface area contributed by atoms with E-state index in [1.165, 1.54) is 24.0 Å². The number of hydrogen-bond donors (Lipinski definition) is 2. The van der Waals surface area contributed by atoms with E-state index in [0.717, 1.165) is 70.0 Å². The second-order valence-electron chi connectivity index (χ2n) is 10.4. The predicted octanol–water partition coefficient (Wildman–Crippen LogP) is 3.09. The largest absolute Gasteiger partial charge is 0.508 e.